The number of nitrogens with zero attached hydrogens (tertiary/aromatic N) is 1. The SMILES string of the molecule is CCCNC1COCC1C(=O)N(CCOC)C1CC1. The number of amides is 1. The van der Waals surface area contributed by atoms with E-state index in [1.807, 2.05) is 4.90 Å². The van der Waals surface area contributed by atoms with E-state index in [9.17, 15) is 4.79 Å². The first-order chi connectivity index (χ1) is 9.27. The van der Waals surface area contributed by atoms with Crippen LogP contribution in [0, 0.1) is 5.92 Å². The van der Waals surface area contributed by atoms with Crippen LogP contribution in [-0.2, 0) is 14.3 Å². The van der Waals surface area contributed by atoms with Crippen molar-refractivity contribution >= 4 is 5.91 Å². The average molecular weight is 270 g/mol. The Bertz CT molecular complexity index is 294. The van der Waals surface area contributed by atoms with Crippen LogP contribution in [0.4, 0.5) is 0 Å². The van der Waals surface area contributed by atoms with Crippen LogP contribution in [0.15, 0.2) is 0 Å². The molecule has 1 amide bonds. The van der Waals surface area contributed by atoms with E-state index in [2.05, 4.69) is 12.2 Å². The lowest BCUT2D eigenvalue weighted by Gasteiger charge is -2.27. The molecule has 0 bridgehead atoms. The molecule has 0 aromatic carbocycles. The van der Waals surface area contributed by atoms with E-state index in [0.717, 1.165) is 25.8 Å². The molecule has 1 aliphatic carbocycles. The third-order valence-corrected chi connectivity index (χ3v) is 3.86. The molecule has 2 rings (SSSR count). The van der Waals surface area contributed by atoms with Crippen LogP contribution in [0.1, 0.15) is 26.2 Å². The van der Waals surface area contributed by atoms with Crippen molar-refractivity contribution in [2.24, 2.45) is 5.92 Å². The highest BCUT2D eigenvalue weighted by atomic mass is 16.5. The van der Waals surface area contributed by atoms with Crippen molar-refractivity contribution in [3.8, 4) is 0 Å². The van der Waals surface area contributed by atoms with Crippen molar-refractivity contribution in [3.63, 3.8) is 0 Å². The first-order valence-electron chi connectivity index (χ1n) is 7.38. The summed E-state index contributed by atoms with van der Waals surface area (Å²) in [7, 11) is 1.68. The Morgan fingerprint density at radius 3 is 2.84 bits per heavy atom. The van der Waals surface area contributed by atoms with Gasteiger partial charge in [0.2, 0.25) is 5.91 Å². The Morgan fingerprint density at radius 1 is 1.42 bits per heavy atom. The second-order valence-electron chi connectivity index (χ2n) is 5.46. The standard InChI is InChI=1S/C14H26N2O3/c1-3-6-15-13-10-19-9-12(13)14(17)16(7-8-18-2)11-4-5-11/h11-13,15H,3-10H2,1-2H3. The molecule has 1 saturated heterocycles. The Hall–Kier alpha value is -0.650. The van der Waals surface area contributed by atoms with Gasteiger partial charge in [0.25, 0.3) is 0 Å². The van der Waals surface area contributed by atoms with Gasteiger partial charge in [-0.3, -0.25) is 4.79 Å². The Balaban J connectivity index is 1.91. The highest BCUT2D eigenvalue weighted by Crippen LogP contribution is 2.29. The smallest absolute Gasteiger partial charge is 0.230 e. The summed E-state index contributed by atoms with van der Waals surface area (Å²) in [6.45, 7) is 5.60. The zero-order valence-corrected chi connectivity index (χ0v) is 12.1. The Labute approximate surface area is 115 Å². The van der Waals surface area contributed by atoms with E-state index in [1.165, 1.54) is 0 Å². The predicted octanol–water partition coefficient (Wildman–Crippen LogP) is 0.638. The van der Waals surface area contributed by atoms with E-state index >= 15 is 0 Å². The Morgan fingerprint density at radius 2 is 2.21 bits per heavy atom. The van der Waals surface area contributed by atoms with Crippen LogP contribution < -0.4 is 5.32 Å². The number of ether oxygens (including phenoxy) is 2. The highest BCUT2D eigenvalue weighted by molar-refractivity contribution is 5.80. The van der Waals surface area contributed by atoms with Gasteiger partial charge in [-0.2, -0.15) is 0 Å². The van der Waals surface area contributed by atoms with Crippen molar-refractivity contribution in [2.45, 2.75) is 38.3 Å². The summed E-state index contributed by atoms with van der Waals surface area (Å²) >= 11 is 0. The van der Waals surface area contributed by atoms with Crippen molar-refractivity contribution in [2.75, 3.05) is 40.0 Å². The maximum absolute atomic E-state index is 12.7. The minimum Gasteiger partial charge on any atom is -0.383 e. The van der Waals surface area contributed by atoms with Crippen LogP contribution in [0.2, 0.25) is 0 Å². The summed E-state index contributed by atoms with van der Waals surface area (Å²) in [5.41, 5.74) is 0. The third-order valence-electron chi connectivity index (χ3n) is 3.86. The normalized spacial score (nSPS) is 26.6. The molecule has 2 aliphatic rings. The van der Waals surface area contributed by atoms with Gasteiger partial charge in [0.1, 0.15) is 0 Å². The first-order valence-corrected chi connectivity index (χ1v) is 7.38. The molecule has 5 nitrogen and oxygen atoms in total. The maximum Gasteiger partial charge on any atom is 0.230 e. The second kappa shape index (κ2) is 7.22. The number of hydrogen-bond acceptors (Lipinski definition) is 4. The van der Waals surface area contributed by atoms with E-state index in [0.29, 0.717) is 32.4 Å². The van der Waals surface area contributed by atoms with Gasteiger partial charge in [0, 0.05) is 25.7 Å². The van der Waals surface area contributed by atoms with Crippen LogP contribution >= 0.6 is 0 Å². The van der Waals surface area contributed by atoms with Gasteiger partial charge in [-0.15, -0.1) is 0 Å². The molecule has 0 aromatic heterocycles. The van der Waals surface area contributed by atoms with Crippen LogP contribution in [0.3, 0.4) is 0 Å². The molecule has 1 heterocycles. The molecular weight excluding hydrogens is 244 g/mol. The Kier molecular flexibility index (Phi) is 5.60. The zero-order chi connectivity index (χ0) is 13.7. The van der Waals surface area contributed by atoms with Crippen LogP contribution in [0.25, 0.3) is 0 Å². The van der Waals surface area contributed by atoms with Crippen LogP contribution in [0.5, 0.6) is 0 Å². The number of carbonyl (C=O) groups is 1. The monoisotopic (exact) mass is 270 g/mol. The van der Waals surface area contributed by atoms with E-state index in [-0.39, 0.29) is 17.9 Å². The molecule has 1 aliphatic heterocycles. The number of rotatable bonds is 8. The summed E-state index contributed by atoms with van der Waals surface area (Å²) in [5.74, 6) is 0.217. The molecule has 1 saturated carbocycles. The molecule has 1 N–H and O–H groups in total. The van der Waals surface area contributed by atoms with Gasteiger partial charge >= 0.3 is 0 Å². The van der Waals surface area contributed by atoms with Crippen LogP contribution in [-0.4, -0.2) is 62.9 Å². The van der Waals surface area contributed by atoms with E-state index in [1.54, 1.807) is 7.11 Å². The van der Waals surface area contributed by atoms with Gasteiger partial charge < -0.3 is 19.7 Å². The predicted molar refractivity (Wildman–Crippen MR) is 73.0 cm³/mol. The van der Waals surface area contributed by atoms with Crippen molar-refractivity contribution < 1.29 is 14.3 Å². The quantitative estimate of drug-likeness (QED) is 0.703. The summed E-state index contributed by atoms with van der Waals surface area (Å²) < 4.78 is 10.6. The summed E-state index contributed by atoms with van der Waals surface area (Å²) in [6.07, 6.45) is 3.35. The van der Waals surface area contributed by atoms with Gasteiger partial charge in [-0.1, -0.05) is 6.92 Å². The van der Waals surface area contributed by atoms with Crippen molar-refractivity contribution in [1.29, 1.82) is 0 Å². The fraction of sp³-hybridized carbons (Fsp3) is 0.929. The molecule has 19 heavy (non-hydrogen) atoms. The minimum atomic E-state index is -0.0241. The second-order valence-corrected chi connectivity index (χ2v) is 5.46. The lowest BCUT2D eigenvalue weighted by molar-refractivity contribution is -0.137. The number of methoxy groups -OCH3 is 1. The molecule has 0 aromatic rings. The molecule has 2 unspecified atom stereocenters. The third kappa shape index (κ3) is 3.91. The fourth-order valence-electron chi connectivity index (χ4n) is 2.59. The molecule has 2 fully saturated rings. The number of carbonyl (C=O) groups excluding carboxylic acids is 1. The number of nitrogens with one attached hydrogen (secondary N) is 1. The molecule has 0 spiro atoms. The van der Waals surface area contributed by atoms with Gasteiger partial charge in [-0.25, -0.2) is 0 Å². The van der Waals surface area contributed by atoms with E-state index < -0.39 is 0 Å². The maximum atomic E-state index is 12.7. The van der Waals surface area contributed by atoms with E-state index in [4.69, 9.17) is 9.47 Å². The van der Waals surface area contributed by atoms with Crippen molar-refractivity contribution in [3.05, 3.63) is 0 Å². The number of hydrogen-bond donors (Lipinski definition) is 1. The van der Waals surface area contributed by atoms with Gasteiger partial charge in [0.15, 0.2) is 0 Å². The largest absolute Gasteiger partial charge is 0.383 e. The molecule has 110 valence electrons. The minimum absolute atomic E-state index is 0.0241. The zero-order valence-electron chi connectivity index (χ0n) is 12.1. The summed E-state index contributed by atoms with van der Waals surface area (Å²) in [5, 5.41) is 3.43. The topological polar surface area (TPSA) is 50.8 Å². The lowest BCUT2D eigenvalue weighted by Crippen LogP contribution is -2.47. The molecule has 0 radical (unpaired) electrons. The summed E-state index contributed by atoms with van der Waals surface area (Å²) in [4.78, 5) is 14.7. The van der Waals surface area contributed by atoms with Crippen molar-refractivity contribution in [1.82, 2.24) is 10.2 Å². The summed E-state index contributed by atoms with van der Waals surface area (Å²) in [6, 6.07) is 0.617. The van der Waals surface area contributed by atoms with Gasteiger partial charge in [-0.05, 0) is 25.8 Å². The highest BCUT2D eigenvalue weighted by Gasteiger charge is 2.40. The lowest BCUT2D eigenvalue weighted by atomic mass is 10.0. The average Bonchev–Trinajstić information content (AvgIpc) is 3.14. The first kappa shape index (κ1) is 14.8. The fourth-order valence-corrected chi connectivity index (χ4v) is 2.59. The van der Waals surface area contributed by atoms with Gasteiger partial charge in [0.05, 0.1) is 25.7 Å². The molecule has 2 atom stereocenters. The molecule has 5 heteroatoms. The molecular formula is C14H26N2O3.